The Balaban J connectivity index is 1.47. The van der Waals surface area contributed by atoms with Crippen LogP contribution in [0.25, 0.3) is 0 Å². The number of benzene rings is 1. The number of carbonyl (C=O) groups is 1. The highest BCUT2D eigenvalue weighted by molar-refractivity contribution is 5.79. The van der Waals surface area contributed by atoms with Crippen LogP contribution >= 0.6 is 0 Å². The summed E-state index contributed by atoms with van der Waals surface area (Å²) in [6.45, 7) is 1.28. The maximum Gasteiger partial charge on any atom is 0.227 e. The number of amides is 1. The third-order valence-electron chi connectivity index (χ3n) is 3.32. The molecule has 0 N–H and O–H groups in total. The van der Waals surface area contributed by atoms with E-state index < -0.39 is 0 Å². The van der Waals surface area contributed by atoms with Crippen LogP contribution in [0.4, 0.5) is 0 Å². The molecule has 1 amide bonds. The van der Waals surface area contributed by atoms with Crippen LogP contribution in [-0.2, 0) is 11.2 Å². The Morgan fingerprint density at radius 1 is 1.15 bits per heavy atom. The smallest absolute Gasteiger partial charge is 0.227 e. The molecule has 0 aliphatic carbocycles. The largest absolute Gasteiger partial charge is 0.471 e. The first-order valence-electron chi connectivity index (χ1n) is 6.70. The zero-order valence-electron chi connectivity index (χ0n) is 11.1. The molecule has 2 aromatic rings. The van der Waals surface area contributed by atoms with Gasteiger partial charge < -0.3 is 9.64 Å². The van der Waals surface area contributed by atoms with Crippen molar-refractivity contribution in [3.8, 4) is 5.88 Å². The fraction of sp³-hybridized carbons (Fsp3) is 0.250. The van der Waals surface area contributed by atoms with Crippen LogP contribution in [0.2, 0.25) is 0 Å². The molecule has 102 valence electrons. The molecule has 0 atom stereocenters. The van der Waals surface area contributed by atoms with Crippen LogP contribution in [0.15, 0.2) is 54.7 Å². The minimum absolute atomic E-state index is 0.0598. The van der Waals surface area contributed by atoms with Crippen molar-refractivity contribution in [2.45, 2.75) is 12.5 Å². The average Bonchev–Trinajstić information content (AvgIpc) is 2.44. The second kappa shape index (κ2) is 5.74. The van der Waals surface area contributed by atoms with Crippen molar-refractivity contribution in [1.29, 1.82) is 0 Å². The van der Waals surface area contributed by atoms with E-state index in [1.807, 2.05) is 53.4 Å². The maximum absolute atomic E-state index is 12.0. The quantitative estimate of drug-likeness (QED) is 0.850. The van der Waals surface area contributed by atoms with Crippen molar-refractivity contribution in [3.05, 3.63) is 60.3 Å². The van der Waals surface area contributed by atoms with E-state index in [9.17, 15) is 4.79 Å². The van der Waals surface area contributed by atoms with Gasteiger partial charge in [0.2, 0.25) is 11.8 Å². The first-order chi connectivity index (χ1) is 9.81. The van der Waals surface area contributed by atoms with Crippen LogP contribution in [-0.4, -0.2) is 35.0 Å². The number of likely N-dealkylation sites (tertiary alicyclic amines) is 1. The van der Waals surface area contributed by atoms with Gasteiger partial charge in [-0.25, -0.2) is 4.98 Å². The summed E-state index contributed by atoms with van der Waals surface area (Å²) < 4.78 is 5.68. The van der Waals surface area contributed by atoms with E-state index in [1.165, 1.54) is 0 Å². The van der Waals surface area contributed by atoms with E-state index in [-0.39, 0.29) is 12.0 Å². The monoisotopic (exact) mass is 268 g/mol. The fourth-order valence-corrected chi connectivity index (χ4v) is 2.19. The minimum Gasteiger partial charge on any atom is -0.471 e. The number of carbonyl (C=O) groups excluding carboxylic acids is 1. The summed E-state index contributed by atoms with van der Waals surface area (Å²) in [4.78, 5) is 18.0. The van der Waals surface area contributed by atoms with Gasteiger partial charge in [0, 0.05) is 12.3 Å². The highest BCUT2D eigenvalue weighted by atomic mass is 16.5. The van der Waals surface area contributed by atoms with Crippen molar-refractivity contribution < 1.29 is 9.53 Å². The van der Waals surface area contributed by atoms with Gasteiger partial charge in [0.1, 0.15) is 6.10 Å². The lowest BCUT2D eigenvalue weighted by atomic mass is 10.1. The van der Waals surface area contributed by atoms with Crippen molar-refractivity contribution in [2.75, 3.05) is 13.1 Å². The van der Waals surface area contributed by atoms with Crippen molar-refractivity contribution in [1.82, 2.24) is 9.88 Å². The molecule has 0 bridgehead atoms. The molecule has 1 fully saturated rings. The van der Waals surface area contributed by atoms with Crippen LogP contribution < -0.4 is 4.74 Å². The Hall–Kier alpha value is -2.36. The molecule has 1 aromatic heterocycles. The van der Waals surface area contributed by atoms with Gasteiger partial charge in [-0.1, -0.05) is 36.4 Å². The van der Waals surface area contributed by atoms with E-state index in [0.29, 0.717) is 25.4 Å². The van der Waals surface area contributed by atoms with Crippen molar-refractivity contribution in [3.63, 3.8) is 0 Å². The van der Waals surface area contributed by atoms with Crippen molar-refractivity contribution in [2.24, 2.45) is 0 Å². The summed E-state index contributed by atoms with van der Waals surface area (Å²) in [6, 6.07) is 15.4. The molecule has 4 nitrogen and oxygen atoms in total. The molecule has 1 aliphatic heterocycles. The summed E-state index contributed by atoms with van der Waals surface area (Å²) in [5.74, 6) is 0.768. The van der Waals surface area contributed by atoms with Gasteiger partial charge in [-0.05, 0) is 11.6 Å². The van der Waals surface area contributed by atoms with Gasteiger partial charge in [-0.3, -0.25) is 4.79 Å². The Kier molecular flexibility index (Phi) is 3.63. The summed E-state index contributed by atoms with van der Waals surface area (Å²) in [5, 5.41) is 0. The number of nitrogens with zero attached hydrogens (tertiary/aromatic N) is 2. The SMILES string of the molecule is O=C(Cc1ccccc1)N1CC(Oc2ccccn2)C1. The Labute approximate surface area is 118 Å². The zero-order valence-corrected chi connectivity index (χ0v) is 11.1. The molecule has 4 heteroatoms. The molecule has 0 spiro atoms. The molecular weight excluding hydrogens is 252 g/mol. The topological polar surface area (TPSA) is 42.4 Å². The third-order valence-corrected chi connectivity index (χ3v) is 3.32. The number of pyridine rings is 1. The lowest BCUT2D eigenvalue weighted by Crippen LogP contribution is -2.56. The molecule has 0 unspecified atom stereocenters. The van der Waals surface area contributed by atoms with Gasteiger partial charge in [0.25, 0.3) is 0 Å². The van der Waals surface area contributed by atoms with E-state index in [4.69, 9.17) is 4.74 Å². The molecule has 0 saturated carbocycles. The zero-order chi connectivity index (χ0) is 13.8. The van der Waals surface area contributed by atoms with E-state index in [1.54, 1.807) is 6.20 Å². The molecule has 1 aromatic carbocycles. The number of ether oxygens (including phenoxy) is 1. The summed E-state index contributed by atoms with van der Waals surface area (Å²) in [6.07, 6.45) is 2.22. The molecule has 0 radical (unpaired) electrons. The lowest BCUT2D eigenvalue weighted by molar-refractivity contribution is -0.139. The second-order valence-electron chi connectivity index (χ2n) is 4.87. The van der Waals surface area contributed by atoms with Gasteiger partial charge in [0.05, 0.1) is 19.5 Å². The second-order valence-corrected chi connectivity index (χ2v) is 4.87. The molecule has 1 saturated heterocycles. The molecule has 2 heterocycles. The van der Waals surface area contributed by atoms with Crippen LogP contribution in [0.5, 0.6) is 5.88 Å². The standard InChI is InChI=1S/C16H16N2O2/c19-16(10-13-6-2-1-3-7-13)18-11-14(12-18)20-15-8-4-5-9-17-15/h1-9,14H,10-12H2. The first kappa shape index (κ1) is 12.7. The summed E-state index contributed by atoms with van der Waals surface area (Å²) in [5.41, 5.74) is 1.05. The van der Waals surface area contributed by atoms with E-state index >= 15 is 0 Å². The van der Waals surface area contributed by atoms with Gasteiger partial charge >= 0.3 is 0 Å². The maximum atomic E-state index is 12.0. The highest BCUT2D eigenvalue weighted by Gasteiger charge is 2.32. The molecular formula is C16H16N2O2. The van der Waals surface area contributed by atoms with Crippen LogP contribution in [0.3, 0.4) is 0 Å². The molecule has 20 heavy (non-hydrogen) atoms. The van der Waals surface area contributed by atoms with Gasteiger partial charge in [-0.2, -0.15) is 0 Å². The third kappa shape index (κ3) is 2.96. The first-order valence-corrected chi connectivity index (χ1v) is 6.70. The molecule has 3 rings (SSSR count). The normalized spacial score (nSPS) is 14.7. The van der Waals surface area contributed by atoms with Crippen LogP contribution in [0, 0.1) is 0 Å². The predicted molar refractivity (Wildman–Crippen MR) is 75.4 cm³/mol. The Morgan fingerprint density at radius 3 is 2.60 bits per heavy atom. The average molecular weight is 268 g/mol. The number of hydrogen-bond acceptors (Lipinski definition) is 3. The summed E-state index contributed by atoms with van der Waals surface area (Å²) in [7, 11) is 0. The van der Waals surface area contributed by atoms with Crippen LogP contribution in [0.1, 0.15) is 5.56 Å². The molecule has 1 aliphatic rings. The fourth-order valence-electron chi connectivity index (χ4n) is 2.19. The number of aromatic nitrogens is 1. The van der Waals surface area contributed by atoms with Gasteiger partial charge in [-0.15, -0.1) is 0 Å². The van der Waals surface area contributed by atoms with E-state index in [0.717, 1.165) is 5.56 Å². The predicted octanol–water partition coefficient (Wildman–Crippen LogP) is 1.91. The Bertz CT molecular complexity index is 566. The Morgan fingerprint density at radius 2 is 1.90 bits per heavy atom. The number of rotatable bonds is 4. The minimum atomic E-state index is 0.0598. The van der Waals surface area contributed by atoms with E-state index in [2.05, 4.69) is 4.98 Å². The summed E-state index contributed by atoms with van der Waals surface area (Å²) >= 11 is 0. The lowest BCUT2D eigenvalue weighted by Gasteiger charge is -2.38. The van der Waals surface area contributed by atoms with Gasteiger partial charge in [0.15, 0.2) is 0 Å². The highest BCUT2D eigenvalue weighted by Crippen LogP contribution is 2.16. The number of hydrogen-bond donors (Lipinski definition) is 0. The van der Waals surface area contributed by atoms with Crippen molar-refractivity contribution >= 4 is 5.91 Å².